The number of rotatable bonds is 4. The Balaban J connectivity index is 1.53. The number of benzene rings is 1. The Kier molecular flexibility index (Phi) is 4.94. The predicted octanol–water partition coefficient (Wildman–Crippen LogP) is 2.72. The molecule has 1 saturated heterocycles. The second kappa shape index (κ2) is 6.91. The first-order chi connectivity index (χ1) is 10.2. The van der Waals surface area contributed by atoms with Gasteiger partial charge in [0.2, 0.25) is 0 Å². The van der Waals surface area contributed by atoms with E-state index in [4.69, 9.17) is 0 Å². The molecule has 3 heteroatoms. The maximum Gasteiger partial charge on any atom is 0.0693 e. The van der Waals surface area contributed by atoms with Crippen molar-refractivity contribution in [2.75, 3.05) is 13.1 Å². The van der Waals surface area contributed by atoms with Gasteiger partial charge in [-0.15, -0.1) is 0 Å². The molecule has 1 saturated carbocycles. The van der Waals surface area contributed by atoms with Gasteiger partial charge in [-0.2, -0.15) is 0 Å². The number of nitrogens with zero attached hydrogens (tertiary/aromatic N) is 1. The highest BCUT2D eigenvalue weighted by molar-refractivity contribution is 5.18. The van der Waals surface area contributed by atoms with Crippen LogP contribution in [0.2, 0.25) is 0 Å². The zero-order valence-corrected chi connectivity index (χ0v) is 13.0. The van der Waals surface area contributed by atoms with E-state index in [0.29, 0.717) is 18.1 Å². The van der Waals surface area contributed by atoms with Gasteiger partial charge in [0.1, 0.15) is 0 Å². The van der Waals surface area contributed by atoms with E-state index < -0.39 is 0 Å². The molecule has 4 atom stereocenters. The summed E-state index contributed by atoms with van der Waals surface area (Å²) in [4.78, 5) is 2.56. The van der Waals surface area contributed by atoms with Crippen LogP contribution in [0.25, 0.3) is 0 Å². The molecule has 0 unspecified atom stereocenters. The van der Waals surface area contributed by atoms with Crippen molar-refractivity contribution < 1.29 is 5.11 Å². The van der Waals surface area contributed by atoms with Gasteiger partial charge in [-0.3, -0.25) is 4.90 Å². The van der Waals surface area contributed by atoms with Gasteiger partial charge in [-0.05, 0) is 31.7 Å². The second-order valence-corrected chi connectivity index (χ2v) is 6.69. The normalized spacial score (nSPS) is 32.2. The lowest BCUT2D eigenvalue weighted by Gasteiger charge is -2.31. The molecule has 21 heavy (non-hydrogen) atoms. The highest BCUT2D eigenvalue weighted by Gasteiger charge is 2.31. The summed E-state index contributed by atoms with van der Waals surface area (Å²) in [5, 5.41) is 13.8. The second-order valence-electron chi connectivity index (χ2n) is 6.69. The predicted molar refractivity (Wildman–Crippen MR) is 86.2 cm³/mol. The van der Waals surface area contributed by atoms with Crippen LogP contribution in [-0.2, 0) is 0 Å². The SMILES string of the molecule is C[C@H](c1ccccc1)N1CC[C@H](N[C@H]2CCCC[C@@H]2O)C1. The van der Waals surface area contributed by atoms with Crippen molar-refractivity contribution in [2.45, 2.75) is 63.3 Å². The first-order valence-corrected chi connectivity index (χ1v) is 8.47. The Hall–Kier alpha value is -0.900. The number of aliphatic hydroxyl groups is 1. The van der Waals surface area contributed by atoms with E-state index in [9.17, 15) is 5.11 Å². The topological polar surface area (TPSA) is 35.5 Å². The van der Waals surface area contributed by atoms with E-state index in [1.807, 2.05) is 0 Å². The average molecular weight is 288 g/mol. The van der Waals surface area contributed by atoms with E-state index in [0.717, 1.165) is 25.9 Å². The summed E-state index contributed by atoms with van der Waals surface area (Å²) in [5.41, 5.74) is 1.40. The Morgan fingerprint density at radius 3 is 2.67 bits per heavy atom. The van der Waals surface area contributed by atoms with Crippen LogP contribution < -0.4 is 5.32 Å². The van der Waals surface area contributed by atoms with Gasteiger partial charge in [0.15, 0.2) is 0 Å². The number of hydrogen-bond donors (Lipinski definition) is 2. The molecule has 0 aromatic heterocycles. The molecule has 1 aromatic carbocycles. The Morgan fingerprint density at radius 1 is 1.14 bits per heavy atom. The molecular formula is C18H28N2O. The molecule has 2 aliphatic rings. The molecular weight excluding hydrogens is 260 g/mol. The van der Waals surface area contributed by atoms with Crippen molar-refractivity contribution in [1.29, 1.82) is 0 Å². The molecule has 1 aliphatic carbocycles. The van der Waals surface area contributed by atoms with Crippen LogP contribution in [0, 0.1) is 0 Å². The summed E-state index contributed by atoms with van der Waals surface area (Å²) in [5.74, 6) is 0. The average Bonchev–Trinajstić information content (AvgIpc) is 2.98. The minimum atomic E-state index is -0.139. The monoisotopic (exact) mass is 288 g/mol. The summed E-state index contributed by atoms with van der Waals surface area (Å²) in [7, 11) is 0. The fraction of sp³-hybridized carbons (Fsp3) is 0.667. The van der Waals surface area contributed by atoms with Gasteiger partial charge in [0.05, 0.1) is 6.10 Å². The Labute approximate surface area is 128 Å². The van der Waals surface area contributed by atoms with Crippen molar-refractivity contribution in [3.8, 4) is 0 Å². The molecule has 2 N–H and O–H groups in total. The van der Waals surface area contributed by atoms with Crippen LogP contribution in [-0.4, -0.2) is 41.3 Å². The van der Waals surface area contributed by atoms with E-state index in [2.05, 4.69) is 47.5 Å². The fourth-order valence-corrected chi connectivity index (χ4v) is 3.83. The minimum absolute atomic E-state index is 0.139. The van der Waals surface area contributed by atoms with Crippen molar-refractivity contribution in [3.63, 3.8) is 0 Å². The van der Waals surface area contributed by atoms with Crippen molar-refractivity contribution in [1.82, 2.24) is 10.2 Å². The van der Waals surface area contributed by atoms with Crippen molar-refractivity contribution in [3.05, 3.63) is 35.9 Å². The van der Waals surface area contributed by atoms with Crippen LogP contribution in [0.4, 0.5) is 0 Å². The summed E-state index contributed by atoms with van der Waals surface area (Å²) in [6, 6.07) is 12.1. The summed E-state index contributed by atoms with van der Waals surface area (Å²) in [6.07, 6.45) is 5.59. The van der Waals surface area contributed by atoms with Gasteiger partial charge in [-0.25, -0.2) is 0 Å². The summed E-state index contributed by atoms with van der Waals surface area (Å²) >= 11 is 0. The molecule has 0 bridgehead atoms. The van der Waals surface area contributed by atoms with E-state index in [-0.39, 0.29) is 6.10 Å². The minimum Gasteiger partial charge on any atom is -0.392 e. The first kappa shape index (κ1) is 15.0. The third kappa shape index (κ3) is 3.65. The molecule has 1 heterocycles. The van der Waals surface area contributed by atoms with Crippen LogP contribution in [0.15, 0.2) is 30.3 Å². The van der Waals surface area contributed by atoms with E-state index in [1.54, 1.807) is 0 Å². The van der Waals surface area contributed by atoms with Gasteiger partial charge in [0, 0.05) is 31.2 Å². The highest BCUT2D eigenvalue weighted by Crippen LogP contribution is 2.26. The third-order valence-corrected chi connectivity index (χ3v) is 5.23. The molecule has 0 amide bonds. The van der Waals surface area contributed by atoms with E-state index in [1.165, 1.54) is 24.8 Å². The van der Waals surface area contributed by atoms with Crippen molar-refractivity contribution in [2.24, 2.45) is 0 Å². The third-order valence-electron chi connectivity index (χ3n) is 5.23. The van der Waals surface area contributed by atoms with Gasteiger partial charge >= 0.3 is 0 Å². The molecule has 2 fully saturated rings. The quantitative estimate of drug-likeness (QED) is 0.894. The van der Waals surface area contributed by atoms with Gasteiger partial charge in [-0.1, -0.05) is 43.2 Å². The molecule has 0 radical (unpaired) electrons. The van der Waals surface area contributed by atoms with Crippen LogP contribution in [0.3, 0.4) is 0 Å². The number of likely N-dealkylation sites (tertiary alicyclic amines) is 1. The number of aliphatic hydroxyl groups excluding tert-OH is 1. The van der Waals surface area contributed by atoms with Crippen molar-refractivity contribution >= 4 is 0 Å². The molecule has 116 valence electrons. The zero-order valence-electron chi connectivity index (χ0n) is 13.0. The molecule has 3 rings (SSSR count). The highest BCUT2D eigenvalue weighted by atomic mass is 16.3. The maximum atomic E-state index is 10.1. The first-order valence-electron chi connectivity index (χ1n) is 8.47. The lowest BCUT2D eigenvalue weighted by molar-refractivity contribution is 0.0848. The standard InChI is InChI=1S/C18H28N2O/c1-14(15-7-3-2-4-8-15)20-12-11-16(13-20)19-17-9-5-6-10-18(17)21/h2-4,7-8,14,16-19,21H,5-6,9-13H2,1H3/t14-,16+,17+,18+/m1/s1. The smallest absolute Gasteiger partial charge is 0.0693 e. The van der Waals surface area contributed by atoms with Crippen LogP contribution in [0.1, 0.15) is 50.6 Å². The number of nitrogens with one attached hydrogen (secondary N) is 1. The lowest BCUT2D eigenvalue weighted by Crippen LogP contribution is -2.48. The van der Waals surface area contributed by atoms with Crippen LogP contribution in [0.5, 0.6) is 0 Å². The lowest BCUT2D eigenvalue weighted by atomic mass is 9.92. The molecule has 1 aromatic rings. The molecule has 0 spiro atoms. The summed E-state index contributed by atoms with van der Waals surface area (Å²) in [6.45, 7) is 4.54. The largest absolute Gasteiger partial charge is 0.392 e. The van der Waals surface area contributed by atoms with Gasteiger partial charge < -0.3 is 10.4 Å². The van der Waals surface area contributed by atoms with Crippen LogP contribution >= 0.6 is 0 Å². The molecule has 1 aliphatic heterocycles. The molecule has 3 nitrogen and oxygen atoms in total. The number of hydrogen-bond acceptors (Lipinski definition) is 3. The Bertz CT molecular complexity index is 436. The van der Waals surface area contributed by atoms with E-state index >= 15 is 0 Å². The summed E-state index contributed by atoms with van der Waals surface area (Å²) < 4.78 is 0. The Morgan fingerprint density at radius 2 is 1.90 bits per heavy atom. The maximum absolute atomic E-state index is 10.1. The van der Waals surface area contributed by atoms with Gasteiger partial charge in [0.25, 0.3) is 0 Å². The fourth-order valence-electron chi connectivity index (χ4n) is 3.83. The zero-order chi connectivity index (χ0) is 14.7.